The summed E-state index contributed by atoms with van der Waals surface area (Å²) in [6.07, 6.45) is 18.2. The fourth-order valence-electron chi connectivity index (χ4n) is 5.89. The van der Waals surface area contributed by atoms with E-state index in [0.717, 1.165) is 11.8 Å². The van der Waals surface area contributed by atoms with Crippen LogP contribution in [0.4, 0.5) is 0 Å². The van der Waals surface area contributed by atoms with Gasteiger partial charge in [-0.3, -0.25) is 0 Å². The summed E-state index contributed by atoms with van der Waals surface area (Å²) in [5, 5.41) is 10.6. The number of unbranched alkanes of at least 4 members (excludes halogenated alkanes) is 9. The number of rotatable bonds is 11. The van der Waals surface area contributed by atoms with Gasteiger partial charge < -0.3 is 5.11 Å². The first kappa shape index (κ1) is 19.3. The molecular weight excluding hydrogens is 280 g/mol. The van der Waals surface area contributed by atoms with Crippen LogP contribution in [0.5, 0.6) is 0 Å². The minimum absolute atomic E-state index is 0.0797. The number of aliphatic hydroxyl groups is 1. The summed E-state index contributed by atoms with van der Waals surface area (Å²) in [5.74, 6) is 1.65. The van der Waals surface area contributed by atoms with Crippen molar-refractivity contribution in [2.45, 2.75) is 117 Å². The largest absolute Gasteiger partial charge is 0.392 e. The molecule has 0 aromatic heterocycles. The number of fused-ring (bicyclic) bond motifs is 2. The molecule has 0 aromatic rings. The Balaban J connectivity index is 1.53. The summed E-state index contributed by atoms with van der Waals surface area (Å²) < 4.78 is 0. The average molecular weight is 323 g/mol. The van der Waals surface area contributed by atoms with E-state index in [0.29, 0.717) is 0 Å². The molecule has 136 valence electrons. The maximum absolute atomic E-state index is 10.6. The van der Waals surface area contributed by atoms with Gasteiger partial charge in [-0.1, -0.05) is 98.3 Å². The lowest BCUT2D eigenvalue weighted by molar-refractivity contribution is -0.0546. The molecule has 0 radical (unpaired) electrons. The zero-order valence-electron chi connectivity index (χ0n) is 16.4. The third-order valence-electron chi connectivity index (χ3n) is 7.23. The fraction of sp³-hybridized carbons (Fsp3) is 1.00. The van der Waals surface area contributed by atoms with Crippen LogP contribution in [0.15, 0.2) is 0 Å². The standard InChI is InChI=1S/C22H42O/c1-5-6-7-8-9-10-11-12-13-14-15-18-16-22(4)17-19(18)21(2,3)20(22)23/h18-20,23H,5-17H2,1-4H3/t18?,19-,20+,22+/m0/s1. The minimum atomic E-state index is -0.0797. The lowest BCUT2D eigenvalue weighted by Gasteiger charge is -2.43. The monoisotopic (exact) mass is 322 g/mol. The Morgan fingerprint density at radius 1 is 0.783 bits per heavy atom. The summed E-state index contributed by atoms with van der Waals surface area (Å²) in [7, 11) is 0. The van der Waals surface area contributed by atoms with E-state index in [9.17, 15) is 5.11 Å². The van der Waals surface area contributed by atoms with Crippen LogP contribution in [0.3, 0.4) is 0 Å². The average Bonchev–Trinajstić information content (AvgIpc) is 2.94. The van der Waals surface area contributed by atoms with E-state index in [2.05, 4.69) is 27.7 Å². The van der Waals surface area contributed by atoms with Crippen LogP contribution < -0.4 is 0 Å². The van der Waals surface area contributed by atoms with Crippen molar-refractivity contribution in [3.63, 3.8) is 0 Å². The molecule has 2 saturated carbocycles. The van der Waals surface area contributed by atoms with Gasteiger partial charge in [0.15, 0.2) is 0 Å². The molecule has 0 aliphatic heterocycles. The molecule has 1 nitrogen and oxygen atoms in total. The normalized spacial score (nSPS) is 35.1. The third-order valence-corrected chi connectivity index (χ3v) is 7.23. The molecule has 23 heavy (non-hydrogen) atoms. The van der Waals surface area contributed by atoms with Crippen LogP contribution in [-0.2, 0) is 0 Å². The van der Waals surface area contributed by atoms with Gasteiger partial charge in [-0.05, 0) is 35.5 Å². The van der Waals surface area contributed by atoms with Gasteiger partial charge in [-0.25, -0.2) is 0 Å². The molecule has 0 heterocycles. The Bertz CT molecular complexity index is 343. The molecule has 0 saturated heterocycles. The van der Waals surface area contributed by atoms with Crippen molar-refractivity contribution in [1.29, 1.82) is 0 Å². The second kappa shape index (κ2) is 8.37. The zero-order chi connectivity index (χ0) is 16.9. The summed E-state index contributed by atoms with van der Waals surface area (Å²) in [4.78, 5) is 0. The van der Waals surface area contributed by atoms with Gasteiger partial charge in [0.2, 0.25) is 0 Å². The van der Waals surface area contributed by atoms with E-state index in [4.69, 9.17) is 0 Å². The van der Waals surface area contributed by atoms with E-state index >= 15 is 0 Å². The van der Waals surface area contributed by atoms with E-state index < -0.39 is 0 Å². The van der Waals surface area contributed by atoms with Crippen LogP contribution in [0.1, 0.15) is 111 Å². The molecular formula is C22H42O. The number of hydrogen-bond acceptors (Lipinski definition) is 1. The topological polar surface area (TPSA) is 20.2 Å². The van der Waals surface area contributed by atoms with Crippen molar-refractivity contribution in [1.82, 2.24) is 0 Å². The van der Waals surface area contributed by atoms with Gasteiger partial charge in [0.1, 0.15) is 0 Å². The summed E-state index contributed by atoms with van der Waals surface area (Å²) in [6, 6.07) is 0. The molecule has 2 rings (SSSR count). The summed E-state index contributed by atoms with van der Waals surface area (Å²) in [5.41, 5.74) is 0.369. The Labute approximate surface area is 145 Å². The first-order chi connectivity index (χ1) is 10.9. The first-order valence-electron chi connectivity index (χ1n) is 10.6. The highest BCUT2D eigenvalue weighted by Crippen LogP contribution is 2.65. The maximum Gasteiger partial charge on any atom is 0.0647 e. The number of hydrogen-bond donors (Lipinski definition) is 1. The Morgan fingerprint density at radius 2 is 1.30 bits per heavy atom. The quantitative estimate of drug-likeness (QED) is 0.418. The highest BCUT2D eigenvalue weighted by molar-refractivity contribution is 5.11. The fourth-order valence-corrected chi connectivity index (χ4v) is 5.89. The molecule has 1 unspecified atom stereocenters. The molecule has 0 aromatic carbocycles. The van der Waals surface area contributed by atoms with E-state index in [1.807, 2.05) is 0 Å². The lowest BCUT2D eigenvalue weighted by Crippen LogP contribution is -2.43. The summed E-state index contributed by atoms with van der Waals surface area (Å²) in [6.45, 7) is 9.23. The molecule has 4 atom stereocenters. The SMILES string of the molecule is CCCCCCCCCCCCC1C[C@]2(C)C[C@@H]1C(C)(C)[C@H]2O. The van der Waals surface area contributed by atoms with Crippen LogP contribution >= 0.6 is 0 Å². The van der Waals surface area contributed by atoms with Gasteiger partial charge in [0.25, 0.3) is 0 Å². The molecule has 1 heteroatoms. The van der Waals surface area contributed by atoms with Gasteiger partial charge in [0, 0.05) is 0 Å². The predicted octanol–water partition coefficient (Wildman–Crippen LogP) is 6.73. The van der Waals surface area contributed by atoms with Gasteiger partial charge >= 0.3 is 0 Å². The second-order valence-corrected chi connectivity index (χ2v) is 9.62. The molecule has 1 N–H and O–H groups in total. The van der Waals surface area contributed by atoms with Crippen LogP contribution in [0, 0.1) is 22.7 Å². The number of aliphatic hydroxyl groups excluding tert-OH is 1. The third kappa shape index (κ3) is 4.53. The summed E-state index contributed by atoms with van der Waals surface area (Å²) >= 11 is 0. The molecule has 2 bridgehead atoms. The lowest BCUT2D eigenvalue weighted by atomic mass is 9.65. The van der Waals surface area contributed by atoms with Crippen molar-refractivity contribution >= 4 is 0 Å². The Kier molecular flexibility index (Phi) is 7.01. The molecule has 2 aliphatic carbocycles. The maximum atomic E-state index is 10.6. The predicted molar refractivity (Wildman–Crippen MR) is 101 cm³/mol. The molecule has 0 amide bonds. The first-order valence-corrected chi connectivity index (χ1v) is 10.6. The van der Waals surface area contributed by atoms with Crippen LogP contribution in [-0.4, -0.2) is 11.2 Å². The highest BCUT2D eigenvalue weighted by Gasteiger charge is 2.62. The molecule has 2 aliphatic rings. The van der Waals surface area contributed by atoms with E-state index in [-0.39, 0.29) is 16.9 Å². The zero-order valence-corrected chi connectivity index (χ0v) is 16.4. The van der Waals surface area contributed by atoms with E-state index in [1.165, 1.54) is 83.5 Å². The smallest absolute Gasteiger partial charge is 0.0647 e. The van der Waals surface area contributed by atoms with Crippen molar-refractivity contribution in [3.8, 4) is 0 Å². The molecule has 0 spiro atoms. The second-order valence-electron chi connectivity index (χ2n) is 9.62. The van der Waals surface area contributed by atoms with E-state index in [1.54, 1.807) is 0 Å². The van der Waals surface area contributed by atoms with Gasteiger partial charge in [-0.2, -0.15) is 0 Å². The van der Waals surface area contributed by atoms with Crippen molar-refractivity contribution in [2.24, 2.45) is 22.7 Å². The van der Waals surface area contributed by atoms with Crippen molar-refractivity contribution < 1.29 is 5.11 Å². The van der Waals surface area contributed by atoms with Gasteiger partial charge in [0.05, 0.1) is 6.10 Å². The van der Waals surface area contributed by atoms with Crippen LogP contribution in [0.2, 0.25) is 0 Å². The van der Waals surface area contributed by atoms with Crippen LogP contribution in [0.25, 0.3) is 0 Å². The highest BCUT2D eigenvalue weighted by atomic mass is 16.3. The van der Waals surface area contributed by atoms with Gasteiger partial charge in [-0.15, -0.1) is 0 Å². The minimum Gasteiger partial charge on any atom is -0.392 e. The Hall–Kier alpha value is -0.0400. The van der Waals surface area contributed by atoms with Crippen molar-refractivity contribution in [3.05, 3.63) is 0 Å². The van der Waals surface area contributed by atoms with Crippen molar-refractivity contribution in [2.75, 3.05) is 0 Å². The Morgan fingerprint density at radius 3 is 1.78 bits per heavy atom. The molecule has 2 fully saturated rings.